The molecular formula is C16H22O2. The van der Waals surface area contributed by atoms with Crippen LogP contribution >= 0.6 is 0 Å². The van der Waals surface area contributed by atoms with Crippen molar-refractivity contribution in [1.29, 1.82) is 0 Å². The van der Waals surface area contributed by atoms with Crippen molar-refractivity contribution in [2.45, 2.75) is 50.5 Å². The molecule has 1 saturated carbocycles. The van der Waals surface area contributed by atoms with E-state index < -0.39 is 0 Å². The van der Waals surface area contributed by atoms with Gasteiger partial charge in [-0.15, -0.1) is 0 Å². The molecule has 1 atom stereocenters. The second-order valence-corrected chi connectivity index (χ2v) is 5.93. The highest BCUT2D eigenvalue weighted by Crippen LogP contribution is 2.33. The number of epoxide rings is 1. The summed E-state index contributed by atoms with van der Waals surface area (Å²) in [5.41, 5.74) is 1.46. The Kier molecular flexibility index (Phi) is 3.29. The second-order valence-electron chi connectivity index (χ2n) is 5.93. The van der Waals surface area contributed by atoms with Gasteiger partial charge in [-0.25, -0.2) is 0 Å². The van der Waals surface area contributed by atoms with Gasteiger partial charge >= 0.3 is 0 Å². The number of ether oxygens (including phenoxy) is 2. The highest BCUT2D eigenvalue weighted by Gasteiger charge is 2.40. The third-order valence-corrected chi connectivity index (χ3v) is 4.14. The summed E-state index contributed by atoms with van der Waals surface area (Å²) < 4.78 is 11.1. The Bertz CT molecular complexity index is 386. The van der Waals surface area contributed by atoms with E-state index in [2.05, 4.69) is 31.2 Å². The average Bonchev–Trinajstić information content (AvgIpc) is 3.17. The molecule has 2 aliphatic rings. The fourth-order valence-corrected chi connectivity index (χ4v) is 2.71. The van der Waals surface area contributed by atoms with Gasteiger partial charge in [-0.3, -0.25) is 0 Å². The van der Waals surface area contributed by atoms with E-state index in [1.165, 1.54) is 37.7 Å². The summed E-state index contributed by atoms with van der Waals surface area (Å²) in [6.45, 7) is 3.58. The molecule has 0 bridgehead atoms. The zero-order chi connectivity index (χ0) is 12.4. The van der Waals surface area contributed by atoms with Crippen molar-refractivity contribution in [3.05, 3.63) is 29.8 Å². The summed E-state index contributed by atoms with van der Waals surface area (Å²) in [6.07, 6.45) is 6.89. The lowest BCUT2D eigenvalue weighted by Crippen LogP contribution is -2.16. The lowest BCUT2D eigenvalue weighted by molar-refractivity contribution is 0.202. The van der Waals surface area contributed by atoms with E-state index >= 15 is 0 Å². The maximum absolute atomic E-state index is 5.75. The fraction of sp³-hybridized carbons (Fsp3) is 0.625. The number of rotatable bonds is 4. The van der Waals surface area contributed by atoms with E-state index in [9.17, 15) is 0 Å². The number of hydrogen-bond donors (Lipinski definition) is 0. The van der Waals surface area contributed by atoms with Gasteiger partial charge < -0.3 is 9.47 Å². The van der Waals surface area contributed by atoms with Crippen LogP contribution in [0.3, 0.4) is 0 Å². The highest BCUT2D eigenvalue weighted by molar-refractivity contribution is 5.29. The molecule has 18 heavy (non-hydrogen) atoms. The van der Waals surface area contributed by atoms with Crippen LogP contribution < -0.4 is 4.74 Å². The zero-order valence-corrected chi connectivity index (χ0v) is 11.2. The summed E-state index contributed by atoms with van der Waals surface area (Å²) in [5, 5.41) is 0. The van der Waals surface area contributed by atoms with Crippen LogP contribution in [-0.4, -0.2) is 18.8 Å². The lowest BCUT2D eigenvalue weighted by Gasteiger charge is -2.22. The molecule has 1 heterocycles. The highest BCUT2D eigenvalue weighted by atomic mass is 16.6. The maximum Gasteiger partial charge on any atom is 0.123 e. The van der Waals surface area contributed by atoms with Gasteiger partial charge in [0.1, 0.15) is 18.0 Å². The summed E-state index contributed by atoms with van der Waals surface area (Å²) in [7, 11) is 0. The minimum atomic E-state index is -0.0258. The molecule has 1 aromatic rings. The van der Waals surface area contributed by atoms with Gasteiger partial charge in [-0.1, -0.05) is 31.4 Å². The molecule has 98 valence electrons. The molecular weight excluding hydrogens is 224 g/mol. The summed E-state index contributed by atoms with van der Waals surface area (Å²) in [4.78, 5) is 0. The maximum atomic E-state index is 5.75. The van der Waals surface area contributed by atoms with E-state index in [0.29, 0.717) is 6.61 Å². The molecule has 0 aromatic heterocycles. The van der Waals surface area contributed by atoms with Gasteiger partial charge in [-0.2, -0.15) is 0 Å². The zero-order valence-electron chi connectivity index (χ0n) is 11.2. The third-order valence-electron chi connectivity index (χ3n) is 4.14. The first-order chi connectivity index (χ1) is 8.75. The molecule has 0 spiro atoms. The molecule has 0 radical (unpaired) electrons. The Morgan fingerprint density at radius 2 is 1.83 bits per heavy atom. The van der Waals surface area contributed by atoms with Crippen LogP contribution in [0.25, 0.3) is 0 Å². The van der Waals surface area contributed by atoms with Gasteiger partial charge in [0.05, 0.1) is 6.61 Å². The van der Waals surface area contributed by atoms with Gasteiger partial charge in [0, 0.05) is 0 Å². The SMILES string of the molecule is CC1(COc2ccc(C3CCCCC3)cc2)CO1. The number of benzene rings is 1. The van der Waals surface area contributed by atoms with Crippen molar-refractivity contribution < 1.29 is 9.47 Å². The smallest absolute Gasteiger partial charge is 0.123 e. The molecule has 1 aromatic carbocycles. The predicted molar refractivity (Wildman–Crippen MR) is 72.1 cm³/mol. The first-order valence-corrected chi connectivity index (χ1v) is 7.12. The summed E-state index contributed by atoms with van der Waals surface area (Å²) in [5.74, 6) is 1.74. The third kappa shape index (κ3) is 2.86. The topological polar surface area (TPSA) is 21.8 Å². The molecule has 0 N–H and O–H groups in total. The van der Waals surface area contributed by atoms with E-state index in [4.69, 9.17) is 9.47 Å². The Morgan fingerprint density at radius 3 is 2.44 bits per heavy atom. The minimum Gasteiger partial charge on any atom is -0.491 e. The Balaban J connectivity index is 1.57. The molecule has 3 rings (SSSR count). The van der Waals surface area contributed by atoms with Crippen LogP contribution in [0, 0.1) is 0 Å². The average molecular weight is 246 g/mol. The number of hydrogen-bond acceptors (Lipinski definition) is 2. The fourth-order valence-electron chi connectivity index (χ4n) is 2.71. The van der Waals surface area contributed by atoms with Crippen LogP contribution in [0.15, 0.2) is 24.3 Å². The van der Waals surface area contributed by atoms with E-state index in [1.807, 2.05) is 0 Å². The molecule has 0 amide bonds. The molecule has 2 heteroatoms. The Hall–Kier alpha value is -1.02. The van der Waals surface area contributed by atoms with Gasteiger partial charge in [0.25, 0.3) is 0 Å². The van der Waals surface area contributed by atoms with Gasteiger partial charge in [0.2, 0.25) is 0 Å². The van der Waals surface area contributed by atoms with Crippen molar-refractivity contribution in [3.63, 3.8) is 0 Å². The summed E-state index contributed by atoms with van der Waals surface area (Å²) >= 11 is 0. The van der Waals surface area contributed by atoms with Crippen molar-refractivity contribution >= 4 is 0 Å². The van der Waals surface area contributed by atoms with Crippen LogP contribution in [0.2, 0.25) is 0 Å². The first kappa shape index (κ1) is 12.0. The van der Waals surface area contributed by atoms with Gasteiger partial charge in [-0.05, 0) is 43.4 Å². The van der Waals surface area contributed by atoms with Crippen molar-refractivity contribution in [2.24, 2.45) is 0 Å². The van der Waals surface area contributed by atoms with Crippen molar-refractivity contribution in [2.75, 3.05) is 13.2 Å². The minimum absolute atomic E-state index is 0.0258. The van der Waals surface area contributed by atoms with Crippen LogP contribution in [-0.2, 0) is 4.74 Å². The van der Waals surface area contributed by atoms with E-state index in [1.54, 1.807) is 0 Å². The van der Waals surface area contributed by atoms with Crippen molar-refractivity contribution in [3.8, 4) is 5.75 Å². The molecule has 1 unspecified atom stereocenters. The van der Waals surface area contributed by atoms with Crippen molar-refractivity contribution in [1.82, 2.24) is 0 Å². The Morgan fingerprint density at radius 1 is 1.17 bits per heavy atom. The lowest BCUT2D eigenvalue weighted by atomic mass is 9.84. The standard InChI is InChI=1S/C16H22O2/c1-16(12-18-16)11-17-15-9-7-14(8-10-15)13-5-3-2-4-6-13/h7-10,13H,2-6,11-12H2,1H3. The largest absolute Gasteiger partial charge is 0.491 e. The normalized spacial score (nSPS) is 28.1. The molecule has 2 fully saturated rings. The monoisotopic (exact) mass is 246 g/mol. The molecule has 1 aliphatic heterocycles. The van der Waals surface area contributed by atoms with Crippen LogP contribution in [0.1, 0.15) is 50.5 Å². The molecule has 1 saturated heterocycles. The molecule has 1 aliphatic carbocycles. The quantitative estimate of drug-likeness (QED) is 0.751. The summed E-state index contributed by atoms with van der Waals surface area (Å²) in [6, 6.07) is 8.69. The molecule has 2 nitrogen and oxygen atoms in total. The van der Waals surface area contributed by atoms with Crippen LogP contribution in [0.4, 0.5) is 0 Å². The Labute approximate surface area is 109 Å². The van der Waals surface area contributed by atoms with E-state index in [-0.39, 0.29) is 5.60 Å². The predicted octanol–water partition coefficient (Wildman–Crippen LogP) is 3.90. The second kappa shape index (κ2) is 4.93. The van der Waals surface area contributed by atoms with Crippen LogP contribution in [0.5, 0.6) is 5.75 Å². The van der Waals surface area contributed by atoms with E-state index in [0.717, 1.165) is 18.3 Å². The first-order valence-electron chi connectivity index (χ1n) is 7.12. The van der Waals surface area contributed by atoms with Gasteiger partial charge in [0.15, 0.2) is 0 Å².